The molecular formula is C14H22N2O. The van der Waals surface area contributed by atoms with Crippen LogP contribution in [0.5, 0.6) is 0 Å². The molecule has 0 radical (unpaired) electrons. The van der Waals surface area contributed by atoms with Crippen LogP contribution in [0.3, 0.4) is 0 Å². The van der Waals surface area contributed by atoms with E-state index in [0.29, 0.717) is 13.0 Å². The lowest BCUT2D eigenvalue weighted by Gasteiger charge is -2.23. The van der Waals surface area contributed by atoms with Crippen molar-refractivity contribution in [3.05, 3.63) is 0 Å². The van der Waals surface area contributed by atoms with Crippen LogP contribution in [0.4, 0.5) is 0 Å². The third kappa shape index (κ3) is 7.00. The molecule has 1 fully saturated rings. The number of ether oxygens (including phenoxy) is 1. The molecule has 0 spiro atoms. The second kappa shape index (κ2) is 9.05. The van der Waals surface area contributed by atoms with E-state index >= 15 is 0 Å². The van der Waals surface area contributed by atoms with Gasteiger partial charge in [0.15, 0.2) is 0 Å². The van der Waals surface area contributed by atoms with Gasteiger partial charge in [-0.1, -0.05) is 18.3 Å². The fourth-order valence-electron chi connectivity index (χ4n) is 1.87. The number of nitriles is 1. The zero-order chi connectivity index (χ0) is 12.3. The van der Waals surface area contributed by atoms with E-state index in [-0.39, 0.29) is 6.10 Å². The maximum Gasteiger partial charge on any atom is 0.0656 e. The molecule has 0 bridgehead atoms. The quantitative estimate of drug-likeness (QED) is 0.540. The minimum absolute atomic E-state index is 0.136. The molecule has 0 unspecified atom stereocenters. The molecule has 0 aromatic carbocycles. The van der Waals surface area contributed by atoms with Gasteiger partial charge in [0, 0.05) is 6.42 Å². The summed E-state index contributed by atoms with van der Waals surface area (Å²) < 4.78 is 5.44. The average Bonchev–Trinajstić information content (AvgIpc) is 2.36. The smallest absolute Gasteiger partial charge is 0.0656 e. The molecule has 1 saturated heterocycles. The molecule has 3 heteroatoms. The van der Waals surface area contributed by atoms with Crippen LogP contribution in [-0.2, 0) is 4.74 Å². The molecule has 1 rings (SSSR count). The van der Waals surface area contributed by atoms with Crippen LogP contribution in [0.2, 0.25) is 0 Å². The Hall–Kier alpha value is -1.03. The lowest BCUT2D eigenvalue weighted by Crippen LogP contribution is -2.29. The molecule has 0 aromatic heterocycles. The van der Waals surface area contributed by atoms with Crippen LogP contribution in [0, 0.1) is 23.2 Å². The summed E-state index contributed by atoms with van der Waals surface area (Å²) in [5.41, 5.74) is 0. The first-order valence-corrected chi connectivity index (χ1v) is 6.49. The molecule has 3 nitrogen and oxygen atoms in total. The topological polar surface area (TPSA) is 36.3 Å². The van der Waals surface area contributed by atoms with Crippen molar-refractivity contribution in [2.45, 2.75) is 45.1 Å². The van der Waals surface area contributed by atoms with E-state index in [0.717, 1.165) is 13.0 Å². The van der Waals surface area contributed by atoms with Crippen LogP contribution in [0.1, 0.15) is 39.0 Å². The molecule has 17 heavy (non-hydrogen) atoms. The van der Waals surface area contributed by atoms with Gasteiger partial charge in [-0.25, -0.2) is 0 Å². The highest BCUT2D eigenvalue weighted by atomic mass is 16.5. The summed E-state index contributed by atoms with van der Waals surface area (Å²) in [6.07, 6.45) is 5.36. The maximum atomic E-state index is 8.37. The van der Waals surface area contributed by atoms with Gasteiger partial charge in [-0.3, -0.25) is 4.90 Å². The lowest BCUT2D eigenvalue weighted by atomic mass is 10.1. The standard InChI is InChI=1S/C14H22N2O/c1-14(17-13-7-9-15)8-3-6-12-16-10-4-2-5-11-16/h14H,2,4-5,7-8,10-13H2,1H3/t14-/m0/s1. The van der Waals surface area contributed by atoms with Gasteiger partial charge < -0.3 is 4.74 Å². The SMILES string of the molecule is C[C@@H](CC#CCN1CCCCC1)OCCC#N. The third-order valence-electron chi connectivity index (χ3n) is 2.88. The minimum Gasteiger partial charge on any atom is -0.376 e. The van der Waals surface area contributed by atoms with Crippen molar-refractivity contribution in [2.24, 2.45) is 0 Å². The highest BCUT2D eigenvalue weighted by Gasteiger charge is 2.07. The van der Waals surface area contributed by atoms with Crippen LogP contribution in [-0.4, -0.2) is 37.2 Å². The first-order chi connectivity index (χ1) is 8.33. The first kappa shape index (κ1) is 14.0. The van der Waals surface area contributed by atoms with Crippen molar-refractivity contribution in [1.29, 1.82) is 5.26 Å². The number of likely N-dealkylation sites (tertiary alicyclic amines) is 1. The molecular weight excluding hydrogens is 212 g/mol. The molecule has 1 atom stereocenters. The predicted molar refractivity (Wildman–Crippen MR) is 68.3 cm³/mol. The van der Waals surface area contributed by atoms with E-state index < -0.39 is 0 Å². The molecule has 0 saturated carbocycles. The number of rotatable bonds is 5. The van der Waals surface area contributed by atoms with Crippen molar-refractivity contribution >= 4 is 0 Å². The van der Waals surface area contributed by atoms with Gasteiger partial charge in [-0.2, -0.15) is 5.26 Å². The summed E-state index contributed by atoms with van der Waals surface area (Å²) in [6, 6.07) is 2.07. The van der Waals surface area contributed by atoms with Gasteiger partial charge >= 0.3 is 0 Å². The van der Waals surface area contributed by atoms with E-state index in [1.54, 1.807) is 0 Å². The summed E-state index contributed by atoms with van der Waals surface area (Å²) in [5.74, 6) is 6.37. The summed E-state index contributed by atoms with van der Waals surface area (Å²) in [6.45, 7) is 5.81. The summed E-state index contributed by atoms with van der Waals surface area (Å²) in [7, 11) is 0. The van der Waals surface area contributed by atoms with E-state index in [1.165, 1.54) is 32.4 Å². The van der Waals surface area contributed by atoms with Gasteiger partial charge in [0.1, 0.15) is 0 Å². The Morgan fingerprint density at radius 2 is 2.00 bits per heavy atom. The summed E-state index contributed by atoms with van der Waals surface area (Å²) in [4.78, 5) is 2.41. The zero-order valence-electron chi connectivity index (χ0n) is 10.7. The number of piperidine rings is 1. The molecule has 0 aromatic rings. The predicted octanol–water partition coefficient (Wildman–Crippen LogP) is 2.18. The maximum absolute atomic E-state index is 8.37. The fourth-order valence-corrected chi connectivity index (χ4v) is 1.87. The van der Waals surface area contributed by atoms with Crippen LogP contribution in [0.15, 0.2) is 0 Å². The number of hydrogen-bond acceptors (Lipinski definition) is 3. The van der Waals surface area contributed by atoms with E-state index in [4.69, 9.17) is 10.00 Å². The fraction of sp³-hybridized carbons (Fsp3) is 0.786. The Morgan fingerprint density at radius 3 is 2.71 bits per heavy atom. The summed E-state index contributed by atoms with van der Waals surface area (Å²) in [5, 5.41) is 8.37. The third-order valence-corrected chi connectivity index (χ3v) is 2.88. The van der Waals surface area contributed by atoms with Crippen molar-refractivity contribution in [2.75, 3.05) is 26.2 Å². The van der Waals surface area contributed by atoms with Crippen LogP contribution < -0.4 is 0 Å². The Balaban J connectivity index is 2.06. The zero-order valence-corrected chi connectivity index (χ0v) is 10.7. The largest absolute Gasteiger partial charge is 0.376 e. The van der Waals surface area contributed by atoms with Crippen LogP contribution >= 0.6 is 0 Å². The molecule has 94 valence electrons. The molecule has 1 heterocycles. The van der Waals surface area contributed by atoms with Crippen molar-refractivity contribution in [1.82, 2.24) is 4.90 Å². The Morgan fingerprint density at radius 1 is 1.24 bits per heavy atom. The van der Waals surface area contributed by atoms with Gasteiger partial charge in [0.2, 0.25) is 0 Å². The summed E-state index contributed by atoms with van der Waals surface area (Å²) >= 11 is 0. The second-order valence-electron chi connectivity index (χ2n) is 4.48. The normalized spacial score (nSPS) is 17.9. The Kier molecular flexibility index (Phi) is 7.47. The molecule has 0 amide bonds. The highest BCUT2D eigenvalue weighted by Crippen LogP contribution is 2.07. The van der Waals surface area contributed by atoms with Gasteiger partial charge in [0.25, 0.3) is 0 Å². The minimum atomic E-state index is 0.136. The van der Waals surface area contributed by atoms with Gasteiger partial charge in [-0.15, -0.1) is 0 Å². The second-order valence-corrected chi connectivity index (χ2v) is 4.48. The first-order valence-electron chi connectivity index (χ1n) is 6.49. The van der Waals surface area contributed by atoms with Gasteiger partial charge in [-0.05, 0) is 32.9 Å². The number of hydrogen-bond donors (Lipinski definition) is 0. The Labute approximate surface area is 105 Å². The molecule has 0 N–H and O–H groups in total. The monoisotopic (exact) mass is 234 g/mol. The molecule has 0 aliphatic carbocycles. The van der Waals surface area contributed by atoms with E-state index in [2.05, 4.69) is 22.8 Å². The number of nitrogens with zero attached hydrogens (tertiary/aromatic N) is 2. The van der Waals surface area contributed by atoms with Crippen molar-refractivity contribution in [3.63, 3.8) is 0 Å². The highest BCUT2D eigenvalue weighted by molar-refractivity contribution is 5.02. The molecule has 1 aliphatic rings. The van der Waals surface area contributed by atoms with Gasteiger partial charge in [0.05, 0.1) is 31.7 Å². The van der Waals surface area contributed by atoms with Crippen molar-refractivity contribution < 1.29 is 4.74 Å². The molecule has 1 aliphatic heterocycles. The Bertz CT molecular complexity index is 292. The van der Waals surface area contributed by atoms with E-state index in [1.807, 2.05) is 6.92 Å². The lowest BCUT2D eigenvalue weighted by molar-refractivity contribution is 0.0739. The average molecular weight is 234 g/mol. The van der Waals surface area contributed by atoms with E-state index in [9.17, 15) is 0 Å². The van der Waals surface area contributed by atoms with Crippen LogP contribution in [0.25, 0.3) is 0 Å². The van der Waals surface area contributed by atoms with Crippen molar-refractivity contribution in [3.8, 4) is 17.9 Å².